The van der Waals surface area contributed by atoms with E-state index >= 15 is 0 Å². The van der Waals surface area contributed by atoms with Crippen molar-refractivity contribution in [2.24, 2.45) is 5.41 Å². The first-order valence-electron chi connectivity index (χ1n) is 7.62. The maximum atomic E-state index is 11.8. The lowest BCUT2D eigenvalue weighted by atomic mass is 9.74. The van der Waals surface area contributed by atoms with Gasteiger partial charge in [0.05, 0.1) is 0 Å². The molecular weight excluding hydrogens is 260 g/mol. The highest BCUT2D eigenvalue weighted by Crippen LogP contribution is 2.35. The van der Waals surface area contributed by atoms with Gasteiger partial charge < -0.3 is 5.11 Å². The van der Waals surface area contributed by atoms with Gasteiger partial charge in [0.1, 0.15) is 0 Å². The summed E-state index contributed by atoms with van der Waals surface area (Å²) in [4.78, 5) is 11.8. The minimum atomic E-state index is -0.405. The van der Waals surface area contributed by atoms with E-state index < -0.39 is 11.5 Å². The van der Waals surface area contributed by atoms with Gasteiger partial charge in [-0.1, -0.05) is 65.8 Å². The van der Waals surface area contributed by atoms with Crippen molar-refractivity contribution in [1.82, 2.24) is 0 Å². The molecule has 0 saturated carbocycles. The van der Waals surface area contributed by atoms with E-state index in [0.717, 1.165) is 24.8 Å². The fraction of sp³-hybridized carbons (Fsp3) is 0.526. The molecule has 0 fully saturated rings. The fourth-order valence-electron chi connectivity index (χ4n) is 2.22. The van der Waals surface area contributed by atoms with Crippen molar-refractivity contribution in [2.45, 2.75) is 59.3 Å². The van der Waals surface area contributed by atoms with Crippen molar-refractivity contribution in [3.05, 3.63) is 47.7 Å². The summed E-state index contributed by atoms with van der Waals surface area (Å²) in [6.07, 6.45) is 3.36. The smallest absolute Gasteiger partial charge is 0.226 e. The van der Waals surface area contributed by atoms with Crippen LogP contribution in [0.15, 0.2) is 36.6 Å². The van der Waals surface area contributed by atoms with E-state index in [-0.39, 0.29) is 5.41 Å². The molecule has 0 aliphatic carbocycles. The van der Waals surface area contributed by atoms with Crippen molar-refractivity contribution < 1.29 is 9.90 Å². The number of ketones is 1. The van der Waals surface area contributed by atoms with Gasteiger partial charge in [-0.05, 0) is 35.3 Å². The van der Waals surface area contributed by atoms with Gasteiger partial charge in [0, 0.05) is 5.56 Å². The van der Waals surface area contributed by atoms with Gasteiger partial charge in [0.25, 0.3) is 0 Å². The highest BCUT2D eigenvalue weighted by Gasteiger charge is 2.25. The summed E-state index contributed by atoms with van der Waals surface area (Å²) in [6, 6.07) is 7.52. The highest BCUT2D eigenvalue weighted by atomic mass is 16.3. The van der Waals surface area contributed by atoms with Crippen LogP contribution in [0.5, 0.6) is 0 Å². The fourth-order valence-corrected chi connectivity index (χ4v) is 2.22. The summed E-state index contributed by atoms with van der Waals surface area (Å²) in [5.74, 6) is -0.807. The van der Waals surface area contributed by atoms with Gasteiger partial charge in [0.15, 0.2) is 5.76 Å². The molecule has 116 valence electrons. The van der Waals surface area contributed by atoms with Gasteiger partial charge in [-0.25, -0.2) is 0 Å². The van der Waals surface area contributed by atoms with Gasteiger partial charge >= 0.3 is 0 Å². The molecule has 0 heterocycles. The number of aliphatic hydroxyl groups excluding tert-OH is 1. The first-order chi connectivity index (χ1) is 9.59. The third-order valence-electron chi connectivity index (χ3n) is 4.55. The maximum Gasteiger partial charge on any atom is 0.226 e. The number of hydrogen-bond acceptors (Lipinski definition) is 2. The minimum Gasteiger partial charge on any atom is -0.505 e. The minimum absolute atomic E-state index is 0.000477. The Labute approximate surface area is 128 Å². The van der Waals surface area contributed by atoms with Crippen LogP contribution >= 0.6 is 0 Å². The first kappa shape index (κ1) is 17.5. The molecule has 0 spiro atoms. The topological polar surface area (TPSA) is 37.3 Å². The van der Waals surface area contributed by atoms with Gasteiger partial charge in [-0.3, -0.25) is 4.79 Å². The van der Waals surface area contributed by atoms with Crippen molar-refractivity contribution in [1.29, 1.82) is 0 Å². The van der Waals surface area contributed by atoms with Crippen LogP contribution in [0.3, 0.4) is 0 Å². The van der Waals surface area contributed by atoms with E-state index in [1.807, 2.05) is 12.1 Å². The molecule has 0 atom stereocenters. The Morgan fingerprint density at radius 3 is 2.33 bits per heavy atom. The number of carbonyl (C=O) groups is 1. The summed E-state index contributed by atoms with van der Waals surface area (Å²) in [7, 11) is 0. The first-order valence-corrected chi connectivity index (χ1v) is 7.62. The van der Waals surface area contributed by atoms with Crippen LogP contribution in [-0.2, 0) is 5.41 Å². The van der Waals surface area contributed by atoms with Crippen molar-refractivity contribution in [2.75, 3.05) is 0 Å². The third-order valence-corrected chi connectivity index (χ3v) is 4.55. The molecular formula is C19H28O2. The van der Waals surface area contributed by atoms with E-state index in [1.165, 1.54) is 0 Å². The molecule has 0 saturated heterocycles. The molecule has 0 aromatic heterocycles. The summed E-state index contributed by atoms with van der Waals surface area (Å²) in [5.41, 5.74) is 1.97. The lowest BCUT2D eigenvalue weighted by Crippen LogP contribution is -2.22. The summed E-state index contributed by atoms with van der Waals surface area (Å²) in [5, 5.41) is 9.27. The Morgan fingerprint density at radius 2 is 1.81 bits per heavy atom. The molecule has 2 heteroatoms. The average molecular weight is 288 g/mol. The SMILES string of the molecule is C=C(O)C(=O)c1cccc(C(C)(C)CCC(C)(C)CC)c1. The number of allylic oxidation sites excluding steroid dienone is 1. The second kappa shape index (κ2) is 6.46. The lowest BCUT2D eigenvalue weighted by molar-refractivity contribution is 0.0978. The Kier molecular flexibility index (Phi) is 5.38. The summed E-state index contributed by atoms with van der Waals surface area (Å²) < 4.78 is 0. The number of hydrogen-bond donors (Lipinski definition) is 1. The van der Waals surface area contributed by atoms with Crippen LogP contribution in [0.25, 0.3) is 0 Å². The van der Waals surface area contributed by atoms with E-state index in [9.17, 15) is 9.90 Å². The summed E-state index contributed by atoms with van der Waals surface area (Å²) >= 11 is 0. The van der Waals surface area contributed by atoms with Crippen LogP contribution in [0, 0.1) is 5.41 Å². The molecule has 0 aliphatic rings. The van der Waals surface area contributed by atoms with Gasteiger partial charge in [0.2, 0.25) is 5.78 Å². The second-order valence-electron chi connectivity index (χ2n) is 7.26. The standard InChI is InChI=1S/C19H28O2/c1-7-18(3,4)11-12-19(5,6)16-10-8-9-15(13-16)17(21)14(2)20/h8-10,13,20H,2,7,11-12H2,1,3-6H3. The van der Waals surface area contributed by atoms with Gasteiger partial charge in [-0.2, -0.15) is 0 Å². The third kappa shape index (κ3) is 4.73. The molecule has 1 aromatic carbocycles. The Balaban J connectivity index is 2.96. The van der Waals surface area contributed by atoms with E-state index in [2.05, 4.69) is 47.3 Å². The zero-order valence-corrected chi connectivity index (χ0v) is 14.0. The van der Waals surface area contributed by atoms with Crippen LogP contribution < -0.4 is 0 Å². The average Bonchev–Trinajstić information content (AvgIpc) is 2.44. The molecule has 1 aromatic rings. The molecule has 0 bridgehead atoms. The Hall–Kier alpha value is -1.57. The number of carbonyl (C=O) groups excluding carboxylic acids is 1. The molecule has 2 nitrogen and oxygen atoms in total. The van der Waals surface area contributed by atoms with E-state index in [0.29, 0.717) is 11.0 Å². The largest absolute Gasteiger partial charge is 0.505 e. The summed E-state index contributed by atoms with van der Waals surface area (Å²) in [6.45, 7) is 14.5. The van der Waals surface area contributed by atoms with Gasteiger partial charge in [-0.15, -0.1) is 0 Å². The number of benzene rings is 1. The zero-order chi connectivity index (χ0) is 16.3. The van der Waals surface area contributed by atoms with E-state index in [4.69, 9.17) is 0 Å². The predicted octanol–water partition coefficient (Wildman–Crippen LogP) is 5.44. The molecule has 21 heavy (non-hydrogen) atoms. The predicted molar refractivity (Wildman–Crippen MR) is 88.9 cm³/mol. The number of aliphatic hydroxyl groups is 1. The lowest BCUT2D eigenvalue weighted by Gasteiger charge is -2.31. The zero-order valence-electron chi connectivity index (χ0n) is 14.0. The molecule has 0 unspecified atom stereocenters. The second-order valence-corrected chi connectivity index (χ2v) is 7.26. The number of Topliss-reactive ketones (excluding diaryl/α,β-unsaturated/α-hetero) is 1. The van der Waals surface area contributed by atoms with Crippen LogP contribution in [-0.4, -0.2) is 10.9 Å². The van der Waals surface area contributed by atoms with Crippen LogP contribution in [0.1, 0.15) is 69.8 Å². The molecule has 0 amide bonds. The quantitative estimate of drug-likeness (QED) is 0.412. The van der Waals surface area contributed by atoms with Crippen molar-refractivity contribution >= 4 is 5.78 Å². The van der Waals surface area contributed by atoms with E-state index in [1.54, 1.807) is 6.07 Å². The monoisotopic (exact) mass is 288 g/mol. The Morgan fingerprint density at radius 1 is 1.19 bits per heavy atom. The molecule has 0 radical (unpaired) electrons. The highest BCUT2D eigenvalue weighted by molar-refractivity contribution is 6.06. The van der Waals surface area contributed by atoms with Crippen LogP contribution in [0.4, 0.5) is 0 Å². The molecule has 0 aliphatic heterocycles. The number of rotatable bonds is 7. The van der Waals surface area contributed by atoms with Crippen LogP contribution in [0.2, 0.25) is 0 Å². The Bertz CT molecular complexity index is 524. The molecule has 1 N–H and O–H groups in total. The van der Waals surface area contributed by atoms with Crippen molar-refractivity contribution in [3.63, 3.8) is 0 Å². The normalized spacial score (nSPS) is 12.2. The van der Waals surface area contributed by atoms with Crippen molar-refractivity contribution in [3.8, 4) is 0 Å². The molecule has 1 rings (SSSR count). The maximum absolute atomic E-state index is 11.8.